The summed E-state index contributed by atoms with van der Waals surface area (Å²) in [5, 5.41) is 3.06. The van der Waals surface area contributed by atoms with Crippen LogP contribution in [0.15, 0.2) is 42.5 Å². The van der Waals surface area contributed by atoms with Crippen LogP contribution in [-0.4, -0.2) is 18.4 Å². The molecule has 0 fully saturated rings. The Balaban J connectivity index is 2.07. The van der Waals surface area contributed by atoms with Crippen molar-refractivity contribution in [2.45, 2.75) is 25.5 Å². The zero-order chi connectivity index (χ0) is 15.9. The second-order valence-electron chi connectivity index (χ2n) is 4.78. The first-order valence-corrected chi connectivity index (χ1v) is 9.09. The molecular formula is C15H18IN2O3P. The maximum Gasteiger partial charge on any atom is 0.319 e. The van der Waals surface area contributed by atoms with Crippen LogP contribution in [0.4, 0.5) is 5.69 Å². The fourth-order valence-corrected chi connectivity index (χ4v) is 3.83. The van der Waals surface area contributed by atoms with Crippen molar-refractivity contribution < 1.29 is 13.8 Å². The highest BCUT2D eigenvalue weighted by molar-refractivity contribution is 14.1. The number of carbonyl (C=O) groups is 1. The standard InChI is InChI=1S/C15H18IN2O3P/c1-11(10-19)18-22(20-13-5-3-2-4-6-13)21-15-8-7-12(17)9-14(15)16/h2-5,7-11,13,18H,6,17H2,1H3/t11-,13?,22?/m0/s1. The van der Waals surface area contributed by atoms with E-state index < -0.39 is 8.53 Å². The molecule has 0 aliphatic heterocycles. The van der Waals surface area contributed by atoms with E-state index in [-0.39, 0.29) is 12.1 Å². The van der Waals surface area contributed by atoms with Gasteiger partial charge in [-0.3, -0.25) is 0 Å². The number of nitrogens with one attached hydrogen (secondary N) is 1. The molecule has 0 spiro atoms. The first kappa shape index (κ1) is 17.4. The van der Waals surface area contributed by atoms with Gasteiger partial charge in [0, 0.05) is 5.69 Å². The normalized spacial score (nSPS) is 19.6. The second-order valence-corrected chi connectivity index (χ2v) is 7.11. The van der Waals surface area contributed by atoms with Crippen molar-refractivity contribution >= 4 is 43.1 Å². The molecule has 2 unspecified atom stereocenters. The van der Waals surface area contributed by atoms with Crippen molar-refractivity contribution in [2.75, 3.05) is 5.73 Å². The summed E-state index contributed by atoms with van der Waals surface area (Å²) < 4.78 is 12.8. The van der Waals surface area contributed by atoms with E-state index in [1.807, 2.05) is 30.4 Å². The third-order valence-corrected chi connectivity index (χ3v) is 5.11. The molecule has 1 aromatic carbocycles. The number of hydrogen-bond acceptors (Lipinski definition) is 5. The van der Waals surface area contributed by atoms with Gasteiger partial charge in [-0.15, -0.1) is 0 Å². The summed E-state index contributed by atoms with van der Waals surface area (Å²) in [6.07, 6.45) is 9.48. The lowest BCUT2D eigenvalue weighted by atomic mass is 10.1. The molecule has 0 saturated carbocycles. The summed E-state index contributed by atoms with van der Waals surface area (Å²) in [7, 11) is -1.44. The highest BCUT2D eigenvalue weighted by Crippen LogP contribution is 2.40. The average Bonchev–Trinajstić information content (AvgIpc) is 2.51. The van der Waals surface area contributed by atoms with Crippen LogP contribution >= 0.6 is 31.1 Å². The minimum absolute atomic E-state index is 0.0612. The van der Waals surface area contributed by atoms with Gasteiger partial charge < -0.3 is 19.6 Å². The third kappa shape index (κ3) is 5.35. The summed E-state index contributed by atoms with van der Waals surface area (Å²) in [6.45, 7) is 1.76. The maximum atomic E-state index is 10.9. The predicted octanol–water partition coefficient (Wildman–Crippen LogP) is 3.56. The molecule has 0 aromatic heterocycles. The zero-order valence-electron chi connectivity index (χ0n) is 12.1. The van der Waals surface area contributed by atoms with Gasteiger partial charge in [0.25, 0.3) is 0 Å². The van der Waals surface area contributed by atoms with Crippen molar-refractivity contribution in [1.29, 1.82) is 0 Å². The van der Waals surface area contributed by atoms with Crippen LogP contribution in [0.3, 0.4) is 0 Å². The van der Waals surface area contributed by atoms with Crippen molar-refractivity contribution in [3.05, 3.63) is 46.1 Å². The molecule has 0 bridgehead atoms. The third-order valence-electron chi connectivity index (χ3n) is 2.82. The molecule has 2 rings (SSSR count). The van der Waals surface area contributed by atoms with E-state index in [1.165, 1.54) is 0 Å². The molecule has 1 aromatic rings. The number of allylic oxidation sites excluding steroid dienone is 2. The molecule has 22 heavy (non-hydrogen) atoms. The summed E-state index contributed by atoms with van der Waals surface area (Å²) in [5.74, 6) is 0.682. The van der Waals surface area contributed by atoms with Gasteiger partial charge in [0.05, 0.1) is 15.7 Å². The fourth-order valence-electron chi connectivity index (χ4n) is 1.71. The van der Waals surface area contributed by atoms with E-state index in [9.17, 15) is 4.79 Å². The lowest BCUT2D eigenvalue weighted by molar-refractivity contribution is -0.108. The lowest BCUT2D eigenvalue weighted by Crippen LogP contribution is -2.26. The molecule has 7 heteroatoms. The Morgan fingerprint density at radius 1 is 1.50 bits per heavy atom. The molecular weight excluding hydrogens is 414 g/mol. The van der Waals surface area contributed by atoms with Crippen molar-refractivity contribution in [3.63, 3.8) is 0 Å². The smallest absolute Gasteiger partial charge is 0.319 e. The molecule has 3 N–H and O–H groups in total. The monoisotopic (exact) mass is 432 g/mol. The molecule has 3 atom stereocenters. The Morgan fingerprint density at radius 3 is 2.95 bits per heavy atom. The molecule has 1 aliphatic carbocycles. The number of anilines is 1. The number of nitrogens with two attached hydrogens (primary N) is 1. The number of rotatable bonds is 7. The maximum absolute atomic E-state index is 10.9. The summed E-state index contributed by atoms with van der Waals surface area (Å²) in [4.78, 5) is 10.9. The highest BCUT2D eigenvalue weighted by atomic mass is 127. The Hall–Kier alpha value is -0.950. The van der Waals surface area contributed by atoms with Gasteiger partial charge in [-0.1, -0.05) is 24.3 Å². The van der Waals surface area contributed by atoms with E-state index in [1.54, 1.807) is 19.1 Å². The first-order chi connectivity index (χ1) is 10.6. The van der Waals surface area contributed by atoms with E-state index in [4.69, 9.17) is 14.8 Å². The van der Waals surface area contributed by atoms with E-state index in [0.717, 1.165) is 16.3 Å². The molecule has 0 saturated heterocycles. The molecule has 5 nitrogen and oxygen atoms in total. The number of halogens is 1. The quantitative estimate of drug-likeness (QED) is 0.299. The number of aldehydes is 1. The number of nitrogen functional groups attached to an aromatic ring is 1. The average molecular weight is 432 g/mol. The summed E-state index contributed by atoms with van der Waals surface area (Å²) in [5.41, 5.74) is 6.42. The minimum atomic E-state index is -1.44. The zero-order valence-corrected chi connectivity index (χ0v) is 15.2. The van der Waals surface area contributed by atoms with Crippen LogP contribution in [0, 0.1) is 3.57 Å². The Bertz CT molecular complexity index is 580. The fraction of sp³-hybridized carbons (Fsp3) is 0.267. The van der Waals surface area contributed by atoms with Crippen molar-refractivity contribution in [3.8, 4) is 5.75 Å². The highest BCUT2D eigenvalue weighted by Gasteiger charge is 2.21. The molecule has 1 aliphatic rings. The minimum Gasteiger partial charge on any atom is -0.435 e. The SMILES string of the molecule is C[C@@H](C=O)NP(Oc1ccc(N)cc1I)OC1C=CC=CC1. The van der Waals surface area contributed by atoms with E-state index in [0.29, 0.717) is 11.4 Å². The van der Waals surface area contributed by atoms with Crippen LogP contribution in [-0.2, 0) is 9.32 Å². The second kappa shape index (κ2) is 8.62. The summed E-state index contributed by atoms with van der Waals surface area (Å²) in [6, 6.07) is 5.06. The molecule has 0 amide bonds. The van der Waals surface area contributed by atoms with Crippen LogP contribution in [0.5, 0.6) is 5.75 Å². The largest absolute Gasteiger partial charge is 0.435 e. The van der Waals surface area contributed by atoms with Gasteiger partial charge >= 0.3 is 8.53 Å². The van der Waals surface area contributed by atoms with E-state index in [2.05, 4.69) is 27.7 Å². The van der Waals surface area contributed by atoms with Gasteiger partial charge in [0.2, 0.25) is 0 Å². The van der Waals surface area contributed by atoms with Crippen molar-refractivity contribution in [2.24, 2.45) is 0 Å². The van der Waals surface area contributed by atoms with Crippen LogP contribution in [0.1, 0.15) is 13.3 Å². The molecule has 0 heterocycles. The van der Waals surface area contributed by atoms with Crippen LogP contribution < -0.4 is 15.3 Å². The van der Waals surface area contributed by atoms with Gasteiger partial charge in [-0.25, -0.2) is 5.09 Å². The number of hydrogen-bond donors (Lipinski definition) is 2. The van der Waals surface area contributed by atoms with Crippen molar-refractivity contribution in [1.82, 2.24) is 5.09 Å². The molecule has 0 radical (unpaired) electrons. The van der Waals surface area contributed by atoms with Gasteiger partial charge in [0.15, 0.2) is 0 Å². The Labute approximate surface area is 145 Å². The predicted molar refractivity (Wildman–Crippen MR) is 97.6 cm³/mol. The van der Waals surface area contributed by atoms with Crippen LogP contribution in [0.2, 0.25) is 0 Å². The van der Waals surface area contributed by atoms with Gasteiger partial charge in [-0.2, -0.15) is 0 Å². The summed E-state index contributed by atoms with van der Waals surface area (Å²) >= 11 is 2.16. The van der Waals surface area contributed by atoms with E-state index >= 15 is 0 Å². The number of benzene rings is 1. The van der Waals surface area contributed by atoms with Gasteiger partial charge in [0.1, 0.15) is 12.0 Å². The van der Waals surface area contributed by atoms with Crippen LogP contribution in [0.25, 0.3) is 0 Å². The van der Waals surface area contributed by atoms with Gasteiger partial charge in [-0.05, 0) is 54.1 Å². The Kier molecular flexibility index (Phi) is 6.82. The number of carbonyl (C=O) groups excluding carboxylic acids is 1. The Morgan fingerprint density at radius 2 is 2.32 bits per heavy atom. The lowest BCUT2D eigenvalue weighted by Gasteiger charge is -2.24. The molecule has 118 valence electrons. The topological polar surface area (TPSA) is 73.6 Å². The first-order valence-electron chi connectivity index (χ1n) is 6.83.